The molecule has 0 radical (unpaired) electrons. The van der Waals surface area contributed by atoms with Crippen LogP contribution in [-0.2, 0) is 11.8 Å². The van der Waals surface area contributed by atoms with Crippen molar-refractivity contribution >= 4 is 0 Å². The average molecular weight is 238 g/mol. The monoisotopic (exact) mass is 238 g/mol. The van der Waals surface area contributed by atoms with Crippen molar-refractivity contribution in [1.82, 2.24) is 0 Å². The van der Waals surface area contributed by atoms with Gasteiger partial charge in [-0.25, -0.2) is 0 Å². The van der Waals surface area contributed by atoms with Crippen LogP contribution in [0.1, 0.15) is 37.8 Å². The predicted molar refractivity (Wildman–Crippen MR) is 74.0 cm³/mol. The molecule has 0 aromatic heterocycles. The molecule has 2 unspecified atom stereocenters. The fourth-order valence-electron chi connectivity index (χ4n) is 2.94. The highest BCUT2D eigenvalue weighted by molar-refractivity contribution is 5.45. The average Bonchev–Trinajstić information content (AvgIpc) is 2.34. The van der Waals surface area contributed by atoms with E-state index >= 15 is 0 Å². The zero-order valence-corrected chi connectivity index (χ0v) is 11.0. The molecule has 0 heterocycles. The number of aliphatic hydroxyl groups is 1. The molecule has 1 aromatic rings. The normalized spacial score (nSPS) is 29.7. The molecule has 0 aliphatic heterocycles. The minimum Gasteiger partial charge on any atom is -0.390 e. The summed E-state index contributed by atoms with van der Waals surface area (Å²) in [5.41, 5.74) is 1.09. The Labute approximate surface area is 109 Å². The van der Waals surface area contributed by atoms with E-state index in [9.17, 15) is 5.11 Å². The van der Waals surface area contributed by atoms with Crippen molar-refractivity contribution in [3.63, 3.8) is 0 Å². The van der Waals surface area contributed by atoms with Gasteiger partial charge < -0.3 is 5.11 Å². The van der Waals surface area contributed by atoms with Gasteiger partial charge in [0, 0.05) is 12.8 Å². The highest BCUT2D eigenvalue weighted by Gasteiger charge is 2.43. The van der Waals surface area contributed by atoms with E-state index in [1.807, 2.05) is 26.0 Å². The Morgan fingerprint density at radius 1 is 1.39 bits per heavy atom. The lowest BCUT2D eigenvalue weighted by molar-refractivity contribution is 0.0270. The zero-order valence-electron chi connectivity index (χ0n) is 11.0. The molecule has 0 fully saturated rings. The maximum Gasteiger partial charge on any atom is 0.0699 e. The molecule has 92 valence electrons. The van der Waals surface area contributed by atoms with Crippen LogP contribution >= 0.6 is 0 Å². The minimum absolute atomic E-state index is 0.457. The largest absolute Gasteiger partial charge is 0.390 e. The first kappa shape index (κ1) is 12.7. The Bertz CT molecular complexity index is 551. The van der Waals surface area contributed by atoms with Crippen molar-refractivity contribution in [2.45, 2.75) is 44.1 Å². The second-order valence-corrected chi connectivity index (χ2v) is 5.34. The summed E-state index contributed by atoms with van der Waals surface area (Å²) in [6.07, 6.45) is 7.62. The first-order chi connectivity index (χ1) is 8.53. The van der Waals surface area contributed by atoms with Crippen LogP contribution in [0.2, 0.25) is 0 Å². The molecule has 1 heteroatoms. The van der Waals surface area contributed by atoms with Gasteiger partial charge in [-0.1, -0.05) is 30.2 Å². The number of terminal acetylenes is 1. The van der Waals surface area contributed by atoms with Crippen molar-refractivity contribution < 1.29 is 5.11 Å². The number of fused-ring (bicyclic) bond motifs is 1. The van der Waals surface area contributed by atoms with Gasteiger partial charge in [0.05, 0.1) is 11.0 Å². The molecule has 0 bridgehead atoms. The molecule has 0 spiro atoms. The van der Waals surface area contributed by atoms with E-state index in [2.05, 4.69) is 29.9 Å². The van der Waals surface area contributed by atoms with Gasteiger partial charge >= 0.3 is 0 Å². The third-order valence-corrected chi connectivity index (χ3v) is 3.63. The van der Waals surface area contributed by atoms with Gasteiger partial charge in [0.15, 0.2) is 0 Å². The summed E-state index contributed by atoms with van der Waals surface area (Å²) in [4.78, 5) is 0. The number of hydrogen-bond acceptors (Lipinski definition) is 1. The van der Waals surface area contributed by atoms with Crippen LogP contribution < -0.4 is 0 Å². The van der Waals surface area contributed by atoms with E-state index in [-0.39, 0.29) is 0 Å². The van der Waals surface area contributed by atoms with Gasteiger partial charge in [-0.15, -0.1) is 18.3 Å². The van der Waals surface area contributed by atoms with Crippen molar-refractivity contribution in [3.8, 4) is 24.2 Å². The molecule has 0 saturated heterocycles. The lowest BCUT2D eigenvalue weighted by atomic mass is 9.64. The smallest absolute Gasteiger partial charge is 0.0699 e. The Kier molecular flexibility index (Phi) is 3.20. The number of hydrogen-bond donors (Lipinski definition) is 1. The Morgan fingerprint density at radius 3 is 2.78 bits per heavy atom. The molecule has 1 aliphatic rings. The van der Waals surface area contributed by atoms with E-state index in [1.165, 1.54) is 0 Å². The van der Waals surface area contributed by atoms with Crippen LogP contribution in [0.15, 0.2) is 24.3 Å². The van der Waals surface area contributed by atoms with E-state index in [0.29, 0.717) is 19.3 Å². The van der Waals surface area contributed by atoms with E-state index in [0.717, 1.165) is 11.1 Å². The highest BCUT2D eigenvalue weighted by atomic mass is 16.3. The van der Waals surface area contributed by atoms with E-state index in [1.54, 1.807) is 0 Å². The lowest BCUT2D eigenvalue weighted by Crippen LogP contribution is -2.43. The van der Waals surface area contributed by atoms with Gasteiger partial charge in [0.2, 0.25) is 0 Å². The molecule has 1 N–H and O–H groups in total. The first-order valence-corrected chi connectivity index (χ1v) is 6.21. The SMILES string of the molecule is C#CC1(CC#CC)CC(C)(O)Cc2ccccc21. The maximum atomic E-state index is 10.4. The predicted octanol–water partition coefficient (Wildman–Crippen LogP) is 2.67. The van der Waals surface area contributed by atoms with Crippen LogP contribution in [0, 0.1) is 24.2 Å². The van der Waals surface area contributed by atoms with Gasteiger partial charge in [0.25, 0.3) is 0 Å². The van der Waals surface area contributed by atoms with Gasteiger partial charge in [0.1, 0.15) is 0 Å². The third kappa shape index (κ3) is 2.15. The summed E-state index contributed by atoms with van der Waals surface area (Å²) < 4.78 is 0. The van der Waals surface area contributed by atoms with Crippen LogP contribution in [0.3, 0.4) is 0 Å². The summed E-state index contributed by atoms with van der Waals surface area (Å²) >= 11 is 0. The second kappa shape index (κ2) is 4.52. The van der Waals surface area contributed by atoms with Gasteiger partial charge in [-0.05, 0) is 31.4 Å². The van der Waals surface area contributed by atoms with Crippen LogP contribution in [-0.4, -0.2) is 10.7 Å². The van der Waals surface area contributed by atoms with Crippen LogP contribution in [0.25, 0.3) is 0 Å². The molecule has 1 aliphatic carbocycles. The standard InChI is InChI=1S/C17H18O/c1-4-6-11-17(5-2)13-16(3,18)12-14-9-7-8-10-15(14)17/h2,7-10,18H,11-13H2,1,3H3. The molecule has 0 saturated carbocycles. The van der Waals surface area contributed by atoms with Crippen molar-refractivity contribution in [3.05, 3.63) is 35.4 Å². The first-order valence-electron chi connectivity index (χ1n) is 6.21. The Morgan fingerprint density at radius 2 is 2.11 bits per heavy atom. The van der Waals surface area contributed by atoms with Crippen molar-refractivity contribution in [2.24, 2.45) is 0 Å². The molecular formula is C17H18O. The Hall–Kier alpha value is -1.70. The topological polar surface area (TPSA) is 20.2 Å². The summed E-state index contributed by atoms with van der Waals surface area (Å²) in [6.45, 7) is 3.67. The highest BCUT2D eigenvalue weighted by Crippen LogP contribution is 2.43. The molecule has 2 rings (SSSR count). The molecule has 0 amide bonds. The summed E-state index contributed by atoms with van der Waals surface area (Å²) in [6, 6.07) is 8.12. The van der Waals surface area contributed by atoms with E-state index in [4.69, 9.17) is 6.42 Å². The second-order valence-electron chi connectivity index (χ2n) is 5.34. The number of rotatable bonds is 1. The summed E-state index contributed by atoms with van der Waals surface area (Å²) in [5, 5.41) is 10.4. The fraction of sp³-hybridized carbons (Fsp3) is 0.412. The van der Waals surface area contributed by atoms with Gasteiger partial charge in [-0.3, -0.25) is 0 Å². The quantitative estimate of drug-likeness (QED) is 0.746. The third-order valence-electron chi connectivity index (χ3n) is 3.63. The molecule has 2 atom stereocenters. The van der Waals surface area contributed by atoms with Crippen LogP contribution in [0.5, 0.6) is 0 Å². The number of benzene rings is 1. The Balaban J connectivity index is 2.58. The molecular weight excluding hydrogens is 220 g/mol. The fourth-order valence-corrected chi connectivity index (χ4v) is 2.94. The molecule has 1 nitrogen and oxygen atoms in total. The maximum absolute atomic E-state index is 10.4. The van der Waals surface area contributed by atoms with E-state index < -0.39 is 11.0 Å². The summed E-state index contributed by atoms with van der Waals surface area (Å²) in [5.74, 6) is 8.89. The zero-order chi connectivity index (χ0) is 13.2. The molecule has 18 heavy (non-hydrogen) atoms. The van der Waals surface area contributed by atoms with Gasteiger partial charge in [-0.2, -0.15) is 0 Å². The minimum atomic E-state index is -0.754. The van der Waals surface area contributed by atoms with Crippen molar-refractivity contribution in [2.75, 3.05) is 0 Å². The van der Waals surface area contributed by atoms with Crippen LogP contribution in [0.4, 0.5) is 0 Å². The summed E-state index contributed by atoms with van der Waals surface area (Å²) in [7, 11) is 0. The molecule has 1 aromatic carbocycles. The lowest BCUT2D eigenvalue weighted by Gasteiger charge is -2.41. The van der Waals surface area contributed by atoms with Crippen molar-refractivity contribution in [1.29, 1.82) is 0 Å².